The van der Waals surface area contributed by atoms with E-state index in [2.05, 4.69) is 4.98 Å². The largest absolute Gasteiger partial charge is 0.507 e. The molecule has 0 saturated carbocycles. The highest BCUT2D eigenvalue weighted by Crippen LogP contribution is 2.39. The number of aryl methyl sites for hydroxylation is 1. The number of Topliss-reactive ketones (excluding diaryl/α,β-unsaturated/α-hetero) is 1. The average Bonchev–Trinajstić information content (AvgIpc) is 2.97. The summed E-state index contributed by atoms with van der Waals surface area (Å²) in [5.74, 6) is -0.740. The molecular formula is C22H27N3O4+2. The Hall–Kier alpha value is -3.19. The summed E-state index contributed by atoms with van der Waals surface area (Å²) < 4.78 is 5.27. The summed E-state index contributed by atoms with van der Waals surface area (Å²) in [7, 11) is 5.55. The van der Waals surface area contributed by atoms with Gasteiger partial charge in [0.05, 0.1) is 45.9 Å². The van der Waals surface area contributed by atoms with Crippen LogP contribution in [0.1, 0.15) is 22.7 Å². The van der Waals surface area contributed by atoms with Crippen molar-refractivity contribution in [2.75, 3.05) is 34.3 Å². The van der Waals surface area contributed by atoms with Gasteiger partial charge in [-0.3, -0.25) is 9.59 Å². The molecule has 2 heterocycles. The lowest BCUT2D eigenvalue weighted by Crippen LogP contribution is -3.06. The van der Waals surface area contributed by atoms with Gasteiger partial charge in [0, 0.05) is 17.7 Å². The molecule has 1 unspecified atom stereocenters. The second-order valence-corrected chi connectivity index (χ2v) is 7.47. The van der Waals surface area contributed by atoms with Gasteiger partial charge >= 0.3 is 0 Å². The number of aliphatic hydroxyl groups excluding tert-OH is 1. The number of hydrogen-bond donors (Lipinski definition) is 2. The number of nitrogens with zero attached hydrogens (tertiary/aromatic N) is 1. The molecule has 1 fully saturated rings. The van der Waals surface area contributed by atoms with Gasteiger partial charge in [-0.1, -0.05) is 0 Å². The molecule has 0 spiro atoms. The van der Waals surface area contributed by atoms with Gasteiger partial charge in [0.25, 0.3) is 11.7 Å². The number of rotatable bonds is 6. The second kappa shape index (κ2) is 8.45. The summed E-state index contributed by atoms with van der Waals surface area (Å²) in [4.78, 5) is 31.4. The van der Waals surface area contributed by atoms with E-state index in [9.17, 15) is 14.7 Å². The van der Waals surface area contributed by atoms with Gasteiger partial charge in [-0.2, -0.15) is 0 Å². The number of H-pyrrole nitrogens is 1. The molecule has 0 radical (unpaired) electrons. The van der Waals surface area contributed by atoms with Crippen LogP contribution in [0.2, 0.25) is 0 Å². The van der Waals surface area contributed by atoms with Gasteiger partial charge < -0.3 is 19.6 Å². The maximum Gasteiger partial charge on any atom is 0.295 e. The Morgan fingerprint density at radius 1 is 1.21 bits per heavy atom. The van der Waals surface area contributed by atoms with Crippen molar-refractivity contribution in [1.82, 2.24) is 4.90 Å². The molecule has 1 aromatic heterocycles. The molecule has 0 aliphatic carbocycles. The fourth-order valence-corrected chi connectivity index (χ4v) is 3.56. The van der Waals surface area contributed by atoms with Gasteiger partial charge in [-0.05, 0) is 36.2 Å². The molecular weight excluding hydrogens is 370 g/mol. The number of ketones is 1. The van der Waals surface area contributed by atoms with E-state index in [0.717, 1.165) is 16.0 Å². The van der Waals surface area contributed by atoms with E-state index in [1.54, 1.807) is 42.6 Å². The van der Waals surface area contributed by atoms with Crippen molar-refractivity contribution in [3.63, 3.8) is 0 Å². The van der Waals surface area contributed by atoms with Crippen LogP contribution in [0.5, 0.6) is 5.75 Å². The molecule has 2 aromatic rings. The van der Waals surface area contributed by atoms with E-state index in [-0.39, 0.29) is 11.3 Å². The van der Waals surface area contributed by atoms with Crippen molar-refractivity contribution in [2.45, 2.75) is 13.0 Å². The van der Waals surface area contributed by atoms with Crippen LogP contribution in [-0.2, 0) is 9.59 Å². The Morgan fingerprint density at radius 3 is 2.48 bits per heavy atom. The van der Waals surface area contributed by atoms with E-state index < -0.39 is 17.7 Å². The number of aromatic nitrogens is 1. The van der Waals surface area contributed by atoms with Gasteiger partial charge in [0.2, 0.25) is 0 Å². The van der Waals surface area contributed by atoms with Crippen molar-refractivity contribution in [2.24, 2.45) is 0 Å². The summed E-state index contributed by atoms with van der Waals surface area (Å²) in [6.07, 6.45) is 3.48. The predicted octanol–water partition coefficient (Wildman–Crippen LogP) is 0.384. The molecule has 1 amide bonds. The normalized spacial score (nSPS) is 18.5. The van der Waals surface area contributed by atoms with Crippen LogP contribution in [0.25, 0.3) is 5.76 Å². The Kier molecular flexibility index (Phi) is 5.98. The van der Waals surface area contributed by atoms with Gasteiger partial charge in [0.1, 0.15) is 11.5 Å². The zero-order valence-electron chi connectivity index (χ0n) is 17.2. The topological polar surface area (TPSA) is 85.4 Å². The number of likely N-dealkylation sites (tertiary alicyclic amines) is 1. The number of carbonyl (C=O) groups excluding carboxylic acids is 2. The number of likely N-dealkylation sites (N-methyl/N-ethyl adjacent to an activating group) is 1. The molecule has 152 valence electrons. The molecule has 1 atom stereocenters. The number of carbonyl (C=O) groups is 2. The molecule has 1 saturated heterocycles. The fourth-order valence-electron chi connectivity index (χ4n) is 3.56. The minimum Gasteiger partial charge on any atom is -0.507 e. The number of quaternary nitrogens is 1. The smallest absolute Gasteiger partial charge is 0.295 e. The van der Waals surface area contributed by atoms with Crippen LogP contribution in [0.3, 0.4) is 0 Å². The molecule has 1 aromatic carbocycles. The first-order chi connectivity index (χ1) is 13.8. The zero-order valence-corrected chi connectivity index (χ0v) is 17.2. The Balaban J connectivity index is 2.13. The Labute approximate surface area is 170 Å². The maximum atomic E-state index is 12.9. The standard InChI is InChI=1S/C22H25N3O4/c1-14-13-16(5-6-17(14)29-4)20(26)18-19(15-7-9-23-10-8-15)25(12-11-24(2)3)22(28)21(18)27/h5-10,13,19,26H,11-12H2,1-4H3/p+2. The molecule has 1 aliphatic rings. The number of pyridine rings is 1. The molecule has 3 N–H and O–H groups in total. The first-order valence-electron chi connectivity index (χ1n) is 9.53. The highest BCUT2D eigenvalue weighted by molar-refractivity contribution is 6.46. The average molecular weight is 397 g/mol. The lowest BCUT2D eigenvalue weighted by atomic mass is 9.95. The second-order valence-electron chi connectivity index (χ2n) is 7.47. The third-order valence-electron chi connectivity index (χ3n) is 5.12. The van der Waals surface area contributed by atoms with E-state index in [4.69, 9.17) is 4.74 Å². The van der Waals surface area contributed by atoms with Crippen molar-refractivity contribution >= 4 is 17.4 Å². The Bertz CT molecular complexity index is 954. The van der Waals surface area contributed by atoms with E-state index >= 15 is 0 Å². The van der Waals surface area contributed by atoms with Crippen LogP contribution < -0.4 is 14.6 Å². The molecule has 7 heteroatoms. The van der Waals surface area contributed by atoms with Crippen molar-refractivity contribution in [3.8, 4) is 5.75 Å². The summed E-state index contributed by atoms with van der Waals surface area (Å²) in [5.41, 5.74) is 2.18. The number of aromatic amines is 1. The third-order valence-corrected chi connectivity index (χ3v) is 5.12. The molecule has 29 heavy (non-hydrogen) atoms. The number of methoxy groups -OCH3 is 1. The highest BCUT2D eigenvalue weighted by Gasteiger charge is 2.46. The third kappa shape index (κ3) is 4.00. The van der Waals surface area contributed by atoms with Crippen LogP contribution >= 0.6 is 0 Å². The van der Waals surface area contributed by atoms with Crippen LogP contribution in [0, 0.1) is 6.92 Å². The minimum absolute atomic E-state index is 0.111. The Morgan fingerprint density at radius 2 is 1.90 bits per heavy atom. The number of nitrogens with one attached hydrogen (secondary N) is 2. The number of benzene rings is 1. The minimum atomic E-state index is -0.664. The lowest BCUT2D eigenvalue weighted by molar-refractivity contribution is -0.857. The van der Waals surface area contributed by atoms with Crippen molar-refractivity contribution < 1.29 is 29.3 Å². The van der Waals surface area contributed by atoms with Crippen molar-refractivity contribution in [1.29, 1.82) is 0 Å². The lowest BCUT2D eigenvalue weighted by Gasteiger charge is -2.25. The quantitative estimate of drug-likeness (QED) is 0.419. The summed E-state index contributed by atoms with van der Waals surface area (Å²) >= 11 is 0. The first-order valence-corrected chi connectivity index (χ1v) is 9.53. The molecule has 3 rings (SSSR count). The van der Waals surface area contributed by atoms with Gasteiger partial charge in [-0.25, -0.2) is 4.98 Å². The van der Waals surface area contributed by atoms with E-state index in [0.29, 0.717) is 24.4 Å². The maximum absolute atomic E-state index is 12.9. The fraction of sp³-hybridized carbons (Fsp3) is 0.318. The molecule has 7 nitrogen and oxygen atoms in total. The summed E-state index contributed by atoms with van der Waals surface area (Å²) in [6.45, 7) is 2.96. The summed E-state index contributed by atoms with van der Waals surface area (Å²) in [6, 6.07) is 8.18. The number of ether oxygens (including phenoxy) is 1. The van der Waals surface area contributed by atoms with Gasteiger partial charge in [-0.15, -0.1) is 0 Å². The highest BCUT2D eigenvalue weighted by atomic mass is 16.5. The van der Waals surface area contributed by atoms with Crippen LogP contribution in [0.15, 0.2) is 48.3 Å². The molecule has 0 bridgehead atoms. The summed E-state index contributed by atoms with van der Waals surface area (Å²) in [5, 5.41) is 11.0. The van der Waals surface area contributed by atoms with Crippen LogP contribution in [0.4, 0.5) is 0 Å². The zero-order chi connectivity index (χ0) is 21.1. The predicted molar refractivity (Wildman–Crippen MR) is 107 cm³/mol. The van der Waals surface area contributed by atoms with Gasteiger partial charge in [0.15, 0.2) is 12.4 Å². The SMILES string of the molecule is COc1ccc(C(O)=C2C(=O)C(=O)N(CC[NH+](C)C)C2c2cc[nH+]cc2)cc1C. The number of aliphatic hydroxyl groups is 1. The molecule has 1 aliphatic heterocycles. The monoisotopic (exact) mass is 397 g/mol. The van der Waals surface area contributed by atoms with Crippen molar-refractivity contribution in [3.05, 3.63) is 65.0 Å². The van der Waals surface area contributed by atoms with Crippen LogP contribution in [-0.4, -0.2) is 56.0 Å². The van der Waals surface area contributed by atoms with E-state index in [1.807, 2.05) is 33.2 Å². The number of hydrogen-bond acceptors (Lipinski definition) is 4. The first kappa shape index (κ1) is 20.5. The van der Waals surface area contributed by atoms with E-state index in [1.165, 1.54) is 0 Å². The number of amides is 1.